The van der Waals surface area contributed by atoms with E-state index in [4.69, 9.17) is 4.52 Å². The minimum absolute atomic E-state index is 0.0703. The standard InChI is InChI=1S/C14H17N3O2/c1-10-16-13(17-19-10)8-15-14(9-18)7-6-11-4-2-3-5-12(11)14/h2-5,15,18H,6-9H2,1H3/t14-/m0/s1. The van der Waals surface area contributed by atoms with Crippen molar-refractivity contribution in [1.82, 2.24) is 15.5 Å². The molecule has 0 radical (unpaired) electrons. The average Bonchev–Trinajstić information content (AvgIpc) is 3.01. The maximum Gasteiger partial charge on any atom is 0.223 e. The number of hydrogen-bond acceptors (Lipinski definition) is 5. The van der Waals surface area contributed by atoms with Crippen LogP contribution in [0.25, 0.3) is 0 Å². The van der Waals surface area contributed by atoms with Crippen LogP contribution in [0.2, 0.25) is 0 Å². The first-order chi connectivity index (χ1) is 9.23. The topological polar surface area (TPSA) is 71.2 Å². The van der Waals surface area contributed by atoms with E-state index in [0.29, 0.717) is 18.3 Å². The number of nitrogens with zero attached hydrogens (tertiary/aromatic N) is 2. The number of aliphatic hydroxyl groups excluding tert-OH is 1. The van der Waals surface area contributed by atoms with Crippen LogP contribution in [-0.4, -0.2) is 21.9 Å². The number of fused-ring (bicyclic) bond motifs is 1. The normalized spacial score (nSPS) is 21.6. The lowest BCUT2D eigenvalue weighted by Crippen LogP contribution is -2.43. The maximum atomic E-state index is 9.82. The molecule has 5 nitrogen and oxygen atoms in total. The molecular weight excluding hydrogens is 242 g/mol. The molecule has 19 heavy (non-hydrogen) atoms. The van der Waals surface area contributed by atoms with Gasteiger partial charge in [-0.3, -0.25) is 5.32 Å². The second kappa shape index (κ2) is 4.75. The summed E-state index contributed by atoms with van der Waals surface area (Å²) >= 11 is 0. The lowest BCUT2D eigenvalue weighted by molar-refractivity contribution is 0.157. The molecule has 1 heterocycles. The highest BCUT2D eigenvalue weighted by atomic mass is 16.5. The van der Waals surface area contributed by atoms with Crippen LogP contribution < -0.4 is 5.32 Å². The van der Waals surface area contributed by atoms with Gasteiger partial charge in [0, 0.05) is 6.92 Å². The number of hydrogen-bond donors (Lipinski definition) is 2. The number of rotatable bonds is 4. The minimum atomic E-state index is -0.384. The second-order valence-corrected chi connectivity index (χ2v) is 4.98. The third kappa shape index (κ3) is 2.15. The van der Waals surface area contributed by atoms with E-state index >= 15 is 0 Å². The van der Waals surface area contributed by atoms with Crippen molar-refractivity contribution in [3.05, 3.63) is 47.1 Å². The van der Waals surface area contributed by atoms with Crippen molar-refractivity contribution in [2.75, 3.05) is 6.61 Å². The zero-order chi connectivity index (χ0) is 13.3. The Labute approximate surface area is 111 Å². The van der Waals surface area contributed by atoms with Crippen molar-refractivity contribution in [3.63, 3.8) is 0 Å². The summed E-state index contributed by atoms with van der Waals surface area (Å²) in [5.74, 6) is 1.18. The van der Waals surface area contributed by atoms with E-state index in [1.807, 2.05) is 12.1 Å². The Morgan fingerprint density at radius 3 is 3.00 bits per heavy atom. The fourth-order valence-electron chi connectivity index (χ4n) is 2.75. The molecule has 1 aliphatic rings. The van der Waals surface area contributed by atoms with Crippen molar-refractivity contribution in [3.8, 4) is 0 Å². The first-order valence-corrected chi connectivity index (χ1v) is 6.47. The van der Waals surface area contributed by atoms with Gasteiger partial charge in [0.1, 0.15) is 0 Å². The lowest BCUT2D eigenvalue weighted by Gasteiger charge is -2.29. The molecule has 0 bridgehead atoms. The van der Waals surface area contributed by atoms with Crippen LogP contribution in [0, 0.1) is 6.92 Å². The first kappa shape index (κ1) is 12.3. The SMILES string of the molecule is Cc1nc(CN[C@]2(CO)CCc3ccccc32)no1. The average molecular weight is 259 g/mol. The molecule has 100 valence electrons. The van der Waals surface area contributed by atoms with Crippen molar-refractivity contribution < 1.29 is 9.63 Å². The molecule has 0 amide bonds. The van der Waals surface area contributed by atoms with Gasteiger partial charge in [-0.2, -0.15) is 4.98 Å². The van der Waals surface area contributed by atoms with E-state index in [1.165, 1.54) is 11.1 Å². The van der Waals surface area contributed by atoms with Gasteiger partial charge in [-0.05, 0) is 24.0 Å². The number of aliphatic hydroxyl groups is 1. The molecule has 0 aliphatic heterocycles. The minimum Gasteiger partial charge on any atom is -0.394 e. The highest BCUT2D eigenvalue weighted by Crippen LogP contribution is 2.36. The summed E-state index contributed by atoms with van der Waals surface area (Å²) in [5.41, 5.74) is 2.09. The van der Waals surface area contributed by atoms with E-state index in [0.717, 1.165) is 12.8 Å². The van der Waals surface area contributed by atoms with Gasteiger partial charge in [-0.15, -0.1) is 0 Å². The summed E-state index contributed by atoms with van der Waals surface area (Å²) in [7, 11) is 0. The third-order valence-corrected chi connectivity index (χ3v) is 3.78. The van der Waals surface area contributed by atoms with E-state index in [9.17, 15) is 5.11 Å². The number of nitrogens with one attached hydrogen (secondary N) is 1. The van der Waals surface area contributed by atoms with Crippen LogP contribution in [0.3, 0.4) is 0 Å². The van der Waals surface area contributed by atoms with Crippen molar-refractivity contribution in [2.45, 2.75) is 31.8 Å². The lowest BCUT2D eigenvalue weighted by atomic mass is 9.92. The van der Waals surface area contributed by atoms with E-state index < -0.39 is 0 Å². The molecule has 0 saturated heterocycles. The van der Waals surface area contributed by atoms with E-state index in [-0.39, 0.29) is 12.1 Å². The number of aryl methyl sites for hydroxylation is 2. The van der Waals surface area contributed by atoms with Crippen LogP contribution >= 0.6 is 0 Å². The zero-order valence-corrected chi connectivity index (χ0v) is 10.9. The quantitative estimate of drug-likeness (QED) is 0.866. The van der Waals surface area contributed by atoms with Crippen molar-refractivity contribution in [2.24, 2.45) is 0 Å². The Hall–Kier alpha value is -1.72. The summed E-state index contributed by atoms with van der Waals surface area (Å²) < 4.78 is 4.95. The summed E-state index contributed by atoms with van der Waals surface area (Å²) in [6, 6.07) is 8.24. The molecule has 2 aromatic rings. The monoisotopic (exact) mass is 259 g/mol. The van der Waals surface area contributed by atoms with Gasteiger partial charge < -0.3 is 9.63 Å². The van der Waals surface area contributed by atoms with Crippen molar-refractivity contribution >= 4 is 0 Å². The predicted molar refractivity (Wildman–Crippen MR) is 69.4 cm³/mol. The molecule has 0 fully saturated rings. The predicted octanol–water partition coefficient (Wildman–Crippen LogP) is 1.30. The second-order valence-electron chi connectivity index (χ2n) is 4.98. The highest BCUT2D eigenvalue weighted by Gasteiger charge is 2.37. The fourth-order valence-corrected chi connectivity index (χ4v) is 2.75. The molecule has 0 spiro atoms. The van der Waals surface area contributed by atoms with Crippen LogP contribution in [0.15, 0.2) is 28.8 Å². The third-order valence-electron chi connectivity index (χ3n) is 3.78. The molecule has 0 unspecified atom stereocenters. The Morgan fingerprint density at radius 1 is 1.42 bits per heavy atom. The maximum absolute atomic E-state index is 9.82. The number of benzene rings is 1. The van der Waals surface area contributed by atoms with Gasteiger partial charge in [0.25, 0.3) is 0 Å². The molecule has 1 aromatic carbocycles. The Bertz CT molecular complexity index is 582. The van der Waals surface area contributed by atoms with E-state index in [1.54, 1.807) is 6.92 Å². The van der Waals surface area contributed by atoms with Gasteiger partial charge in [0.2, 0.25) is 5.89 Å². The molecule has 1 atom stereocenters. The van der Waals surface area contributed by atoms with E-state index in [2.05, 4.69) is 27.6 Å². The van der Waals surface area contributed by atoms with Crippen molar-refractivity contribution in [1.29, 1.82) is 0 Å². The molecule has 1 aromatic heterocycles. The number of aromatic nitrogens is 2. The highest BCUT2D eigenvalue weighted by molar-refractivity contribution is 5.38. The summed E-state index contributed by atoms with van der Waals surface area (Å²) in [6.07, 6.45) is 1.87. The zero-order valence-electron chi connectivity index (χ0n) is 10.9. The molecule has 3 rings (SSSR count). The van der Waals surface area contributed by atoms with Crippen LogP contribution in [-0.2, 0) is 18.5 Å². The van der Waals surface area contributed by atoms with Gasteiger partial charge in [0.05, 0.1) is 18.7 Å². The van der Waals surface area contributed by atoms with Gasteiger partial charge in [-0.25, -0.2) is 0 Å². The summed E-state index contributed by atoms with van der Waals surface area (Å²) in [6.45, 7) is 2.33. The Balaban J connectivity index is 1.81. The van der Waals surface area contributed by atoms with Crippen LogP contribution in [0.4, 0.5) is 0 Å². The largest absolute Gasteiger partial charge is 0.394 e. The first-order valence-electron chi connectivity index (χ1n) is 6.47. The Kier molecular flexibility index (Phi) is 3.08. The van der Waals surface area contributed by atoms with Gasteiger partial charge >= 0.3 is 0 Å². The Morgan fingerprint density at radius 2 is 2.26 bits per heavy atom. The van der Waals surface area contributed by atoms with Crippen LogP contribution in [0.5, 0.6) is 0 Å². The fraction of sp³-hybridized carbons (Fsp3) is 0.429. The smallest absolute Gasteiger partial charge is 0.223 e. The molecule has 0 saturated carbocycles. The molecule has 2 N–H and O–H groups in total. The molecule has 1 aliphatic carbocycles. The molecule has 5 heteroatoms. The summed E-state index contributed by atoms with van der Waals surface area (Å²) in [5, 5.41) is 17.1. The summed E-state index contributed by atoms with van der Waals surface area (Å²) in [4.78, 5) is 4.17. The van der Waals surface area contributed by atoms with Crippen LogP contribution in [0.1, 0.15) is 29.3 Å². The molecular formula is C14H17N3O2. The van der Waals surface area contributed by atoms with Gasteiger partial charge in [-0.1, -0.05) is 29.4 Å². The van der Waals surface area contributed by atoms with Gasteiger partial charge in [0.15, 0.2) is 5.82 Å².